The zero-order chi connectivity index (χ0) is 14.7. The van der Waals surface area contributed by atoms with Crippen LogP contribution < -0.4 is 15.8 Å². The highest BCUT2D eigenvalue weighted by Gasteiger charge is 2.23. The molecule has 0 spiro atoms. The fourth-order valence-corrected chi connectivity index (χ4v) is 2.01. The molecule has 3 N–H and O–H groups in total. The Bertz CT molecular complexity index is 493. The molecule has 1 aliphatic rings. The number of nitrogens with one attached hydrogen (secondary N) is 1. The number of hydrogen-bond donors (Lipinski definition) is 2. The van der Waals surface area contributed by atoms with Gasteiger partial charge in [-0.25, -0.2) is 0 Å². The van der Waals surface area contributed by atoms with Gasteiger partial charge in [0.25, 0.3) is 0 Å². The first-order chi connectivity index (χ1) is 9.44. The van der Waals surface area contributed by atoms with Gasteiger partial charge >= 0.3 is 6.01 Å². The molecular weight excluding hydrogens is 260 g/mol. The average Bonchev–Trinajstić information content (AvgIpc) is 2.32. The smallest absolute Gasteiger partial charge is 0.323 e. The van der Waals surface area contributed by atoms with Crippen LogP contribution in [0.25, 0.3) is 0 Å². The number of aromatic nitrogens is 3. The van der Waals surface area contributed by atoms with Gasteiger partial charge in [0.1, 0.15) is 0 Å². The highest BCUT2D eigenvalue weighted by molar-refractivity contribution is 5.76. The summed E-state index contributed by atoms with van der Waals surface area (Å²) >= 11 is 0. The Morgan fingerprint density at radius 3 is 2.80 bits per heavy atom. The van der Waals surface area contributed by atoms with Crippen LogP contribution in [0.5, 0.6) is 6.01 Å². The van der Waals surface area contributed by atoms with E-state index in [9.17, 15) is 4.79 Å². The third-order valence-corrected chi connectivity index (χ3v) is 2.93. The van der Waals surface area contributed by atoms with Crippen LogP contribution in [0.2, 0.25) is 0 Å². The SMILES string of the molecule is CC(C)Oc1nc(N)nc(NC2CCC(=O)N(C)C2)n1. The van der Waals surface area contributed by atoms with Gasteiger partial charge in [-0.2, -0.15) is 15.0 Å². The first-order valence-corrected chi connectivity index (χ1v) is 6.62. The van der Waals surface area contributed by atoms with Gasteiger partial charge < -0.3 is 20.7 Å². The summed E-state index contributed by atoms with van der Waals surface area (Å²) in [6.07, 6.45) is 1.22. The van der Waals surface area contributed by atoms with Crippen LogP contribution in [0.15, 0.2) is 0 Å². The van der Waals surface area contributed by atoms with Gasteiger partial charge in [0, 0.05) is 26.1 Å². The predicted octanol–water partition coefficient (Wildman–Crippen LogP) is 0.274. The molecule has 0 aliphatic carbocycles. The number of piperidine rings is 1. The Labute approximate surface area is 117 Å². The van der Waals surface area contributed by atoms with Crippen molar-refractivity contribution in [2.24, 2.45) is 0 Å². The zero-order valence-corrected chi connectivity index (χ0v) is 12.0. The Balaban J connectivity index is 2.05. The van der Waals surface area contributed by atoms with Crippen molar-refractivity contribution in [3.8, 4) is 6.01 Å². The summed E-state index contributed by atoms with van der Waals surface area (Å²) in [4.78, 5) is 25.3. The molecule has 0 aromatic carbocycles. The van der Waals surface area contributed by atoms with Crippen LogP contribution in [-0.2, 0) is 4.79 Å². The van der Waals surface area contributed by atoms with Gasteiger partial charge in [0.2, 0.25) is 17.8 Å². The van der Waals surface area contributed by atoms with Gasteiger partial charge in [-0.1, -0.05) is 0 Å². The molecule has 20 heavy (non-hydrogen) atoms. The van der Waals surface area contributed by atoms with Crippen molar-refractivity contribution in [1.29, 1.82) is 0 Å². The Morgan fingerprint density at radius 1 is 1.40 bits per heavy atom. The Morgan fingerprint density at radius 2 is 2.15 bits per heavy atom. The van der Waals surface area contributed by atoms with Crippen molar-refractivity contribution in [1.82, 2.24) is 19.9 Å². The monoisotopic (exact) mass is 280 g/mol. The van der Waals surface area contributed by atoms with E-state index in [2.05, 4.69) is 20.3 Å². The lowest BCUT2D eigenvalue weighted by molar-refractivity contribution is -0.132. The largest absolute Gasteiger partial charge is 0.461 e. The van der Waals surface area contributed by atoms with Crippen LogP contribution in [0, 0.1) is 0 Å². The van der Waals surface area contributed by atoms with Crippen LogP contribution >= 0.6 is 0 Å². The quantitative estimate of drug-likeness (QED) is 0.815. The second kappa shape index (κ2) is 5.89. The van der Waals surface area contributed by atoms with E-state index in [1.54, 1.807) is 11.9 Å². The number of rotatable bonds is 4. The molecule has 0 radical (unpaired) electrons. The molecule has 0 bridgehead atoms. The van der Waals surface area contributed by atoms with E-state index >= 15 is 0 Å². The second-order valence-corrected chi connectivity index (χ2v) is 5.12. The van der Waals surface area contributed by atoms with Gasteiger partial charge in [-0.15, -0.1) is 0 Å². The summed E-state index contributed by atoms with van der Waals surface area (Å²) in [5.74, 6) is 0.640. The first-order valence-electron chi connectivity index (χ1n) is 6.62. The van der Waals surface area contributed by atoms with Crippen molar-refractivity contribution in [2.45, 2.75) is 38.8 Å². The van der Waals surface area contributed by atoms with E-state index < -0.39 is 0 Å². The maximum atomic E-state index is 11.4. The fourth-order valence-electron chi connectivity index (χ4n) is 2.01. The van der Waals surface area contributed by atoms with E-state index in [0.717, 1.165) is 6.42 Å². The van der Waals surface area contributed by atoms with E-state index in [0.29, 0.717) is 18.9 Å². The van der Waals surface area contributed by atoms with Crippen LogP contribution in [0.4, 0.5) is 11.9 Å². The average molecular weight is 280 g/mol. The number of anilines is 2. The minimum atomic E-state index is -0.0388. The fraction of sp³-hybridized carbons (Fsp3) is 0.667. The number of nitrogen functional groups attached to an aromatic ring is 1. The van der Waals surface area contributed by atoms with Crippen molar-refractivity contribution in [2.75, 3.05) is 24.6 Å². The minimum Gasteiger partial charge on any atom is -0.461 e. The summed E-state index contributed by atoms with van der Waals surface area (Å²) < 4.78 is 5.42. The normalized spacial score (nSPS) is 19.3. The summed E-state index contributed by atoms with van der Waals surface area (Å²) in [6.45, 7) is 4.38. The molecule has 2 rings (SSSR count). The maximum absolute atomic E-state index is 11.4. The van der Waals surface area contributed by atoms with E-state index in [-0.39, 0.29) is 30.0 Å². The lowest BCUT2D eigenvalue weighted by atomic mass is 10.1. The third kappa shape index (κ3) is 3.69. The zero-order valence-electron chi connectivity index (χ0n) is 12.0. The standard InChI is InChI=1S/C12H20N6O2/c1-7(2)20-12-16-10(13)15-11(17-12)14-8-4-5-9(19)18(3)6-8/h7-8H,4-6H2,1-3H3,(H3,13,14,15,16,17). The maximum Gasteiger partial charge on any atom is 0.323 e. The molecule has 2 heterocycles. The van der Waals surface area contributed by atoms with Crippen LogP contribution in [0.3, 0.4) is 0 Å². The first kappa shape index (κ1) is 14.3. The molecule has 1 atom stereocenters. The highest BCUT2D eigenvalue weighted by Crippen LogP contribution is 2.16. The number of carbonyl (C=O) groups is 1. The second-order valence-electron chi connectivity index (χ2n) is 5.12. The number of likely N-dealkylation sites (N-methyl/N-ethyl adjacent to an activating group) is 1. The Hall–Kier alpha value is -2.12. The Kier molecular flexibility index (Phi) is 4.21. The molecule has 8 nitrogen and oxygen atoms in total. The number of hydrogen-bond acceptors (Lipinski definition) is 7. The molecule has 0 saturated carbocycles. The number of nitrogens with zero attached hydrogens (tertiary/aromatic N) is 4. The van der Waals surface area contributed by atoms with Crippen molar-refractivity contribution < 1.29 is 9.53 Å². The number of carbonyl (C=O) groups excluding carboxylic acids is 1. The van der Waals surface area contributed by atoms with Crippen molar-refractivity contribution in [3.05, 3.63) is 0 Å². The van der Waals surface area contributed by atoms with E-state index in [4.69, 9.17) is 10.5 Å². The third-order valence-electron chi connectivity index (χ3n) is 2.93. The molecule has 1 amide bonds. The summed E-state index contributed by atoms with van der Waals surface area (Å²) in [5.41, 5.74) is 5.64. The van der Waals surface area contributed by atoms with Gasteiger partial charge in [0.15, 0.2) is 0 Å². The van der Waals surface area contributed by atoms with Crippen molar-refractivity contribution >= 4 is 17.8 Å². The predicted molar refractivity (Wildman–Crippen MR) is 74.3 cm³/mol. The van der Waals surface area contributed by atoms with Crippen LogP contribution in [0.1, 0.15) is 26.7 Å². The molecule has 1 fully saturated rings. The topological polar surface area (TPSA) is 106 Å². The number of likely N-dealkylation sites (tertiary alicyclic amines) is 1. The molecule has 1 aromatic rings. The molecular formula is C12H20N6O2. The van der Waals surface area contributed by atoms with Gasteiger partial charge in [0.05, 0.1) is 6.10 Å². The van der Waals surface area contributed by atoms with Gasteiger partial charge in [-0.3, -0.25) is 4.79 Å². The molecule has 110 valence electrons. The molecule has 8 heteroatoms. The molecule has 1 saturated heterocycles. The van der Waals surface area contributed by atoms with Crippen LogP contribution in [-0.4, -0.2) is 51.5 Å². The minimum absolute atomic E-state index is 0.0388. The summed E-state index contributed by atoms with van der Waals surface area (Å²) in [5, 5.41) is 3.17. The van der Waals surface area contributed by atoms with E-state index in [1.807, 2.05) is 13.8 Å². The molecule has 1 aromatic heterocycles. The number of ether oxygens (including phenoxy) is 1. The highest BCUT2D eigenvalue weighted by atomic mass is 16.5. The molecule has 1 unspecified atom stereocenters. The summed E-state index contributed by atoms with van der Waals surface area (Å²) in [7, 11) is 1.78. The number of amides is 1. The van der Waals surface area contributed by atoms with Crippen molar-refractivity contribution in [3.63, 3.8) is 0 Å². The number of nitrogens with two attached hydrogens (primary N) is 1. The summed E-state index contributed by atoms with van der Waals surface area (Å²) in [6, 6.07) is 0.307. The lowest BCUT2D eigenvalue weighted by Crippen LogP contribution is -2.43. The van der Waals surface area contributed by atoms with E-state index in [1.165, 1.54) is 0 Å². The van der Waals surface area contributed by atoms with Gasteiger partial charge in [-0.05, 0) is 20.3 Å². The molecule has 1 aliphatic heterocycles. The lowest BCUT2D eigenvalue weighted by Gasteiger charge is -2.30.